The van der Waals surface area contributed by atoms with Crippen molar-refractivity contribution in [2.75, 3.05) is 20.1 Å². The second-order valence-corrected chi connectivity index (χ2v) is 10.8. The zero-order valence-corrected chi connectivity index (χ0v) is 23.4. The predicted octanol–water partition coefficient (Wildman–Crippen LogP) is 3.10. The van der Waals surface area contributed by atoms with E-state index in [0.717, 1.165) is 53.6 Å². The Hall–Kier alpha value is -4.51. The third-order valence-electron chi connectivity index (χ3n) is 8.32. The molecule has 1 saturated heterocycles. The lowest BCUT2D eigenvalue weighted by atomic mass is 9.82. The number of pyridine rings is 2. The minimum Gasteiger partial charge on any atom is -0.383 e. The van der Waals surface area contributed by atoms with Crippen LogP contribution in [0.15, 0.2) is 66.4 Å². The Balaban J connectivity index is 1.31. The maximum Gasteiger partial charge on any atom is 0.244 e. The number of amides is 1. The number of H-pyrrole nitrogens is 1. The summed E-state index contributed by atoms with van der Waals surface area (Å²) in [6.07, 6.45) is 16.4. The molecule has 4 aromatic rings. The minimum atomic E-state index is -1.21. The van der Waals surface area contributed by atoms with E-state index >= 15 is 0 Å². The van der Waals surface area contributed by atoms with Gasteiger partial charge in [-0.25, -0.2) is 9.98 Å². The number of fused-ring (bicyclic) bond motifs is 1. The number of piperidine rings is 1. The average Bonchev–Trinajstić information content (AvgIpc) is 3.66. The topological polar surface area (TPSA) is 142 Å². The van der Waals surface area contributed by atoms with Gasteiger partial charge in [-0.05, 0) is 55.5 Å². The fourth-order valence-corrected chi connectivity index (χ4v) is 5.83. The molecule has 6 heterocycles. The van der Waals surface area contributed by atoms with Crippen LogP contribution in [0.25, 0.3) is 27.9 Å². The number of likely N-dealkylation sites (tertiary alicyclic amines) is 1. The average molecular weight is 554 g/mol. The van der Waals surface area contributed by atoms with Gasteiger partial charge in [-0.1, -0.05) is 6.92 Å². The smallest absolute Gasteiger partial charge is 0.244 e. The van der Waals surface area contributed by atoms with Crippen molar-refractivity contribution in [2.24, 2.45) is 10.7 Å². The van der Waals surface area contributed by atoms with Crippen LogP contribution in [-0.4, -0.2) is 77.7 Å². The van der Waals surface area contributed by atoms with E-state index in [4.69, 9.17) is 5.73 Å². The van der Waals surface area contributed by atoms with Crippen molar-refractivity contribution in [3.05, 3.63) is 72.6 Å². The van der Waals surface area contributed by atoms with E-state index in [-0.39, 0.29) is 12.5 Å². The lowest BCUT2D eigenvalue weighted by Crippen LogP contribution is -2.53. The number of nitrogens with one attached hydrogen (secondary N) is 1. The van der Waals surface area contributed by atoms with Crippen molar-refractivity contribution in [3.8, 4) is 11.1 Å². The number of aromatic nitrogens is 5. The van der Waals surface area contributed by atoms with Crippen molar-refractivity contribution in [2.45, 2.75) is 50.8 Å². The summed E-state index contributed by atoms with van der Waals surface area (Å²) in [6.45, 7) is 3.81. The van der Waals surface area contributed by atoms with Crippen LogP contribution in [0.1, 0.15) is 43.7 Å². The van der Waals surface area contributed by atoms with Crippen LogP contribution in [0.4, 0.5) is 0 Å². The molecule has 6 rings (SSSR count). The number of aliphatic hydroxyl groups is 1. The van der Waals surface area contributed by atoms with Gasteiger partial charge in [0.1, 0.15) is 17.8 Å². The number of likely N-dealkylation sites (N-methyl/N-ethyl adjacent to an activating group) is 1. The van der Waals surface area contributed by atoms with Crippen LogP contribution in [0, 0.1) is 0 Å². The summed E-state index contributed by atoms with van der Waals surface area (Å²) in [4.78, 5) is 33.1. The molecule has 212 valence electrons. The Kier molecular flexibility index (Phi) is 7.04. The molecule has 11 heteroatoms. The summed E-state index contributed by atoms with van der Waals surface area (Å²) < 4.78 is 1.69. The van der Waals surface area contributed by atoms with Crippen molar-refractivity contribution in [3.63, 3.8) is 0 Å². The Morgan fingerprint density at radius 3 is 2.71 bits per heavy atom. The Morgan fingerprint density at radius 1 is 1.17 bits per heavy atom. The lowest BCUT2D eigenvalue weighted by Gasteiger charge is -2.42. The second-order valence-electron chi connectivity index (χ2n) is 10.8. The van der Waals surface area contributed by atoms with Crippen molar-refractivity contribution < 1.29 is 9.90 Å². The molecule has 11 nitrogen and oxygen atoms in total. The highest BCUT2D eigenvalue weighted by Gasteiger charge is 2.41. The molecular formula is C30H35N9O2. The number of aromatic amines is 1. The van der Waals surface area contributed by atoms with Crippen LogP contribution in [0.2, 0.25) is 0 Å². The van der Waals surface area contributed by atoms with Gasteiger partial charge in [-0.2, -0.15) is 5.10 Å². The van der Waals surface area contributed by atoms with Gasteiger partial charge in [0.25, 0.3) is 0 Å². The molecule has 0 radical (unpaired) electrons. The third-order valence-corrected chi connectivity index (χ3v) is 8.32. The molecule has 4 N–H and O–H groups in total. The van der Waals surface area contributed by atoms with Crippen LogP contribution < -0.4 is 5.73 Å². The number of carbonyl (C=O) groups is 1. The molecule has 4 aromatic heterocycles. The van der Waals surface area contributed by atoms with Crippen molar-refractivity contribution >= 4 is 28.6 Å². The largest absolute Gasteiger partial charge is 0.383 e. The molecular weight excluding hydrogens is 518 g/mol. The zero-order valence-electron chi connectivity index (χ0n) is 23.4. The maximum absolute atomic E-state index is 12.7. The number of nitrogens with two attached hydrogens (primary N) is 1. The standard InChI is InChI=1S/C30H35N9O2/c1-3-30(41,22-7-9-32-10-8-22)26-14-25(36-29(31)37(26)2)24-17-34-28-23(24)13-20(15-33-28)21-16-35-39(18-21)19-27(40)38-11-5-4-6-12-38/h7-10,13-18,26,41H,3-6,11-12,19H2,1-2H3,(H2,31,36)(H,33,34)/t26?,30-/m0/s1. The number of guanidine groups is 1. The lowest BCUT2D eigenvalue weighted by molar-refractivity contribution is -0.132. The SMILES string of the molecule is CC[C@](O)(c1ccncc1)C1C=C(c2c[nH]c3ncc(-c4cnn(CC(=O)N5CCCCC5)c4)cc23)N=C(N)N1C. The molecule has 2 aliphatic heterocycles. The highest BCUT2D eigenvalue weighted by Crippen LogP contribution is 2.37. The fourth-order valence-electron chi connectivity index (χ4n) is 5.83. The molecule has 0 spiro atoms. The minimum absolute atomic E-state index is 0.0962. The number of nitrogens with zero attached hydrogens (tertiary/aromatic N) is 7. The van der Waals surface area contributed by atoms with Gasteiger partial charge >= 0.3 is 0 Å². The highest BCUT2D eigenvalue weighted by atomic mass is 16.3. The molecule has 41 heavy (non-hydrogen) atoms. The molecule has 1 amide bonds. The Labute approximate surface area is 238 Å². The number of hydrogen-bond donors (Lipinski definition) is 3. The van der Waals surface area contributed by atoms with Gasteiger partial charge < -0.3 is 25.6 Å². The quantitative estimate of drug-likeness (QED) is 0.319. The summed E-state index contributed by atoms with van der Waals surface area (Å²) in [5, 5.41) is 17.2. The number of hydrogen-bond acceptors (Lipinski definition) is 8. The molecule has 0 aromatic carbocycles. The van der Waals surface area contributed by atoms with E-state index in [9.17, 15) is 9.90 Å². The summed E-state index contributed by atoms with van der Waals surface area (Å²) in [7, 11) is 1.83. The summed E-state index contributed by atoms with van der Waals surface area (Å²) >= 11 is 0. The van der Waals surface area contributed by atoms with Gasteiger partial charge in [-0.15, -0.1) is 0 Å². The van der Waals surface area contributed by atoms with Gasteiger partial charge in [-0.3, -0.25) is 14.5 Å². The maximum atomic E-state index is 12.7. The van der Waals surface area contributed by atoms with Crippen LogP contribution in [-0.2, 0) is 16.9 Å². The molecule has 0 bridgehead atoms. The van der Waals surface area contributed by atoms with Crippen molar-refractivity contribution in [1.82, 2.24) is 34.5 Å². The van der Waals surface area contributed by atoms with E-state index in [2.05, 4.69) is 25.0 Å². The molecule has 2 aliphatic rings. The normalized spacial score (nSPS) is 19.1. The third kappa shape index (κ3) is 4.97. The Bertz CT molecular complexity index is 1620. The molecule has 1 fully saturated rings. The van der Waals surface area contributed by atoms with Crippen molar-refractivity contribution in [1.29, 1.82) is 0 Å². The van der Waals surface area contributed by atoms with Gasteiger partial charge in [0, 0.05) is 73.2 Å². The van der Waals surface area contributed by atoms with Gasteiger partial charge in [0.15, 0.2) is 5.96 Å². The van der Waals surface area contributed by atoms with Gasteiger partial charge in [0.05, 0.1) is 17.9 Å². The number of aliphatic imine (C=N–C) groups is 1. The van der Waals surface area contributed by atoms with Crippen LogP contribution in [0.5, 0.6) is 0 Å². The molecule has 1 unspecified atom stereocenters. The predicted molar refractivity (Wildman–Crippen MR) is 157 cm³/mol. The van der Waals surface area contributed by atoms with Gasteiger partial charge in [0.2, 0.25) is 5.91 Å². The molecule has 0 aliphatic carbocycles. The first-order valence-corrected chi connectivity index (χ1v) is 14.1. The van der Waals surface area contributed by atoms with E-state index in [1.165, 1.54) is 6.42 Å². The number of carbonyl (C=O) groups excluding carboxylic acids is 1. The van der Waals surface area contributed by atoms with Crippen LogP contribution >= 0.6 is 0 Å². The Morgan fingerprint density at radius 2 is 1.95 bits per heavy atom. The first-order chi connectivity index (χ1) is 19.9. The van der Waals surface area contributed by atoms with E-state index in [1.54, 1.807) is 34.4 Å². The summed E-state index contributed by atoms with van der Waals surface area (Å²) in [5.74, 6) is 0.408. The number of rotatable bonds is 7. The second kappa shape index (κ2) is 10.8. The monoisotopic (exact) mass is 553 g/mol. The van der Waals surface area contributed by atoms with Crippen LogP contribution in [0.3, 0.4) is 0 Å². The fraction of sp³-hybridized carbons (Fsp3) is 0.367. The first-order valence-electron chi connectivity index (χ1n) is 14.1. The van der Waals surface area contributed by atoms with E-state index < -0.39 is 11.6 Å². The highest BCUT2D eigenvalue weighted by molar-refractivity contribution is 5.97. The zero-order chi connectivity index (χ0) is 28.6. The first kappa shape index (κ1) is 26.7. The summed E-state index contributed by atoms with van der Waals surface area (Å²) in [5.41, 5.74) is 9.89. The summed E-state index contributed by atoms with van der Waals surface area (Å²) in [6, 6.07) is 5.24. The molecule has 0 saturated carbocycles. The van der Waals surface area contributed by atoms with E-state index in [1.807, 2.05) is 55.5 Å². The van der Waals surface area contributed by atoms with E-state index in [0.29, 0.717) is 23.7 Å². The molecule has 2 atom stereocenters.